The van der Waals surface area contributed by atoms with Crippen LogP contribution in [0.3, 0.4) is 0 Å². The number of benzene rings is 9. The van der Waals surface area contributed by atoms with Crippen LogP contribution in [0.4, 0.5) is 34.4 Å². The molecule has 0 radical (unpaired) electrons. The van der Waals surface area contributed by atoms with Gasteiger partial charge in [0.25, 0.3) is 0 Å². The first-order valence-corrected chi connectivity index (χ1v) is 25.8. The second-order valence-electron chi connectivity index (χ2n) is 21.5. The molecule has 0 saturated carbocycles. The summed E-state index contributed by atoms with van der Waals surface area (Å²) in [5, 5.41) is 14.1. The lowest BCUT2D eigenvalue weighted by Gasteiger charge is -2.27. The number of hydrogen-bond donors (Lipinski definition) is 0. The monoisotopic (exact) mass is 962 g/mol. The van der Waals surface area contributed by atoms with Gasteiger partial charge in [0.15, 0.2) is 0 Å². The predicted octanol–water partition coefficient (Wildman–Crippen LogP) is 19.6. The largest absolute Gasteiger partial charge is 0.456 e. The molecule has 0 saturated heterocycles. The van der Waals surface area contributed by atoms with Gasteiger partial charge in [0.05, 0.1) is 10.4 Å². The topological polar surface area (TPSA) is 58.5 Å². The molecular formula is C66H50N4O2S. The van der Waals surface area contributed by atoms with Crippen molar-refractivity contribution in [1.82, 2.24) is 9.97 Å². The van der Waals surface area contributed by atoms with E-state index >= 15 is 0 Å². The molecule has 73 heavy (non-hydrogen) atoms. The molecule has 0 fully saturated rings. The van der Waals surface area contributed by atoms with Gasteiger partial charge < -0.3 is 8.83 Å². The van der Waals surface area contributed by atoms with Gasteiger partial charge in [0, 0.05) is 66.5 Å². The van der Waals surface area contributed by atoms with Gasteiger partial charge >= 0.3 is 0 Å². The van der Waals surface area contributed by atoms with Gasteiger partial charge in [-0.1, -0.05) is 120 Å². The number of para-hydroxylation sites is 2. The smallest absolute Gasteiger partial charge is 0.137 e. The van der Waals surface area contributed by atoms with E-state index < -0.39 is 0 Å². The van der Waals surface area contributed by atoms with Crippen molar-refractivity contribution >= 4 is 142 Å². The van der Waals surface area contributed by atoms with Crippen molar-refractivity contribution in [3.05, 3.63) is 206 Å². The number of anilines is 6. The number of fused-ring (bicyclic) bond motifs is 15. The highest BCUT2D eigenvalue weighted by molar-refractivity contribution is 7.26. The van der Waals surface area contributed by atoms with Crippen molar-refractivity contribution in [1.29, 1.82) is 0 Å². The molecule has 0 aliphatic carbocycles. The Hall–Kier alpha value is -8.52. The molecule has 0 N–H and O–H groups in total. The van der Waals surface area contributed by atoms with Crippen LogP contribution in [0.5, 0.6) is 0 Å². The summed E-state index contributed by atoms with van der Waals surface area (Å²) >= 11 is 1.85. The highest BCUT2D eigenvalue weighted by Crippen LogP contribution is 2.49. The lowest BCUT2D eigenvalue weighted by Crippen LogP contribution is -2.15. The fourth-order valence-electron chi connectivity index (χ4n) is 11.1. The molecule has 5 aromatic heterocycles. The van der Waals surface area contributed by atoms with Gasteiger partial charge in [-0.15, -0.1) is 11.3 Å². The number of nitrogens with zero attached hydrogens (tertiary/aromatic N) is 4. The Kier molecular flexibility index (Phi) is 9.48. The normalized spacial score (nSPS) is 12.5. The Morgan fingerprint density at radius 3 is 1.40 bits per heavy atom. The molecule has 0 spiro atoms. The zero-order valence-corrected chi connectivity index (χ0v) is 42.3. The van der Waals surface area contributed by atoms with Crippen LogP contribution in [0.1, 0.15) is 52.7 Å². The van der Waals surface area contributed by atoms with E-state index in [1.165, 1.54) is 63.6 Å². The van der Waals surface area contributed by atoms with E-state index in [0.29, 0.717) is 0 Å². The SMILES string of the molecule is CC(C)(C)c1ccnc(N(c2ccc3oc4ccccc4c3c2)c2ccc3c(c2)c2ccccc2c2cc4c(cc32)sc2c(N(c3ccc5oc6ccccc6c5c3)c3cc(C(C)(C)C)ccn3)cccc24)c1. The van der Waals surface area contributed by atoms with E-state index in [2.05, 4.69) is 209 Å². The summed E-state index contributed by atoms with van der Waals surface area (Å²) in [4.78, 5) is 14.8. The van der Waals surface area contributed by atoms with Crippen LogP contribution >= 0.6 is 11.3 Å². The van der Waals surface area contributed by atoms with Gasteiger partial charge in [-0.3, -0.25) is 9.80 Å². The van der Waals surface area contributed by atoms with Crippen LogP contribution in [-0.2, 0) is 10.8 Å². The molecule has 7 heteroatoms. The third kappa shape index (κ3) is 6.97. The molecule has 0 aliphatic heterocycles. The molecule has 0 unspecified atom stereocenters. The first kappa shape index (κ1) is 43.3. The van der Waals surface area contributed by atoms with Gasteiger partial charge in [-0.2, -0.15) is 0 Å². The zero-order valence-electron chi connectivity index (χ0n) is 41.5. The summed E-state index contributed by atoms with van der Waals surface area (Å²) in [6, 6.07) is 65.8. The van der Waals surface area contributed by atoms with E-state index in [9.17, 15) is 0 Å². The maximum Gasteiger partial charge on any atom is 0.137 e. The second kappa shape index (κ2) is 16.0. The first-order chi connectivity index (χ1) is 35.4. The molecule has 6 nitrogen and oxygen atoms in total. The van der Waals surface area contributed by atoms with Crippen LogP contribution in [0.15, 0.2) is 203 Å². The van der Waals surface area contributed by atoms with E-state index in [1.54, 1.807) is 0 Å². The summed E-state index contributed by atoms with van der Waals surface area (Å²) in [7, 11) is 0. The summed E-state index contributed by atoms with van der Waals surface area (Å²) < 4.78 is 15.1. The maximum atomic E-state index is 6.33. The zero-order chi connectivity index (χ0) is 49.3. The van der Waals surface area contributed by atoms with Crippen molar-refractivity contribution in [2.45, 2.75) is 52.4 Å². The minimum Gasteiger partial charge on any atom is -0.456 e. The van der Waals surface area contributed by atoms with Crippen molar-refractivity contribution in [2.24, 2.45) is 0 Å². The standard InChI is InChI=1S/C66H50N4O2S/c1-65(2,3)39-28-30-67-62(32-39)69(42-23-26-59-53(35-42)47-16-9-11-20-57(47)71-59)41-22-25-46-50(34-41)44-14-7-8-15-45(44)51-37-55-49-18-13-19-56(64(49)73-61(55)38-52(46)51)70(63-33-40(29-31-68-63)66(4,5)6)43-24-27-60-54(36-43)48-17-10-12-21-58(48)72-60/h7-38H,1-6H3. The fraction of sp³-hybridized carbons (Fsp3) is 0.121. The lowest BCUT2D eigenvalue weighted by atomic mass is 9.87. The first-order valence-electron chi connectivity index (χ1n) is 25.0. The summed E-state index contributed by atoms with van der Waals surface area (Å²) in [5.74, 6) is 1.73. The van der Waals surface area contributed by atoms with Crippen molar-refractivity contribution in [3.63, 3.8) is 0 Å². The average molecular weight is 963 g/mol. The molecule has 9 aromatic carbocycles. The lowest BCUT2D eigenvalue weighted by molar-refractivity contribution is 0.589. The van der Waals surface area contributed by atoms with E-state index in [4.69, 9.17) is 18.8 Å². The Morgan fingerprint density at radius 2 is 0.808 bits per heavy atom. The summed E-state index contributed by atoms with van der Waals surface area (Å²) in [6.45, 7) is 13.5. The number of thiophene rings is 1. The predicted molar refractivity (Wildman–Crippen MR) is 309 cm³/mol. The molecule has 0 amide bonds. The summed E-state index contributed by atoms with van der Waals surface area (Å²) in [6.07, 6.45) is 3.89. The van der Waals surface area contributed by atoms with Gasteiger partial charge in [-0.25, -0.2) is 9.97 Å². The van der Waals surface area contributed by atoms with Crippen LogP contribution < -0.4 is 9.80 Å². The Bertz CT molecular complexity index is 4570. The maximum absolute atomic E-state index is 6.33. The molecule has 0 atom stereocenters. The number of aromatic nitrogens is 2. The quantitative estimate of drug-likeness (QED) is 0.155. The van der Waals surface area contributed by atoms with Gasteiger partial charge in [0.1, 0.15) is 34.0 Å². The molecule has 14 aromatic rings. The number of pyridine rings is 2. The Morgan fingerprint density at radius 1 is 0.356 bits per heavy atom. The Labute approximate surface area is 426 Å². The van der Waals surface area contributed by atoms with Crippen LogP contribution in [0.2, 0.25) is 0 Å². The Balaban J connectivity index is 0.979. The molecule has 5 heterocycles. The molecule has 0 aliphatic rings. The van der Waals surface area contributed by atoms with Crippen LogP contribution in [0, 0.1) is 0 Å². The van der Waals surface area contributed by atoms with Crippen LogP contribution in [0.25, 0.3) is 96.4 Å². The van der Waals surface area contributed by atoms with Crippen molar-refractivity contribution in [3.8, 4) is 0 Å². The molecule has 0 bridgehead atoms. The highest BCUT2D eigenvalue weighted by Gasteiger charge is 2.25. The van der Waals surface area contributed by atoms with Crippen molar-refractivity contribution in [2.75, 3.05) is 9.80 Å². The minimum atomic E-state index is -0.0689. The fourth-order valence-corrected chi connectivity index (χ4v) is 12.3. The third-order valence-electron chi connectivity index (χ3n) is 14.8. The number of rotatable bonds is 6. The van der Waals surface area contributed by atoms with E-state index in [1.807, 2.05) is 48.0 Å². The number of hydrogen-bond acceptors (Lipinski definition) is 7. The second-order valence-corrected chi connectivity index (χ2v) is 22.5. The molecule has 352 valence electrons. The average Bonchev–Trinajstić information content (AvgIpc) is 4.09. The van der Waals surface area contributed by atoms with E-state index in [-0.39, 0.29) is 10.8 Å². The minimum absolute atomic E-state index is 0.0678. The highest BCUT2D eigenvalue weighted by atomic mass is 32.1. The molecular weight excluding hydrogens is 913 g/mol. The number of furan rings is 2. The molecule has 14 rings (SSSR count). The van der Waals surface area contributed by atoms with Crippen LogP contribution in [-0.4, -0.2) is 9.97 Å². The van der Waals surface area contributed by atoms with E-state index in [0.717, 1.165) is 78.3 Å². The van der Waals surface area contributed by atoms with Crippen molar-refractivity contribution < 1.29 is 8.83 Å². The summed E-state index contributed by atoms with van der Waals surface area (Å²) in [5.41, 5.74) is 9.93. The third-order valence-corrected chi connectivity index (χ3v) is 16.0. The van der Waals surface area contributed by atoms with Gasteiger partial charge in [-0.05, 0) is 157 Å². The van der Waals surface area contributed by atoms with Gasteiger partial charge in [0.2, 0.25) is 0 Å².